The van der Waals surface area contributed by atoms with Crippen molar-refractivity contribution in [2.75, 3.05) is 13.2 Å². The molecule has 1 atom stereocenters. The van der Waals surface area contributed by atoms with E-state index in [2.05, 4.69) is 43.6 Å². The fourth-order valence-corrected chi connectivity index (χ4v) is 2.62. The third-order valence-corrected chi connectivity index (χ3v) is 4.43. The first-order chi connectivity index (χ1) is 10.9. The highest BCUT2D eigenvalue weighted by atomic mass is 28.3. The smallest absolute Gasteiger partial charge is 0.335 e. The molecule has 0 fully saturated rings. The number of carbonyl (C=O) groups excluding carboxylic acids is 1. The number of carbonyl (C=O) groups is 1. The maximum atomic E-state index is 12.0. The Morgan fingerprint density at radius 1 is 1.17 bits per heavy atom. The molecule has 0 aliphatic carbocycles. The molecule has 0 aromatic heterocycles. The second-order valence-corrected chi connectivity index (χ2v) is 12.1. The van der Waals surface area contributed by atoms with E-state index < -0.39 is 14.2 Å². The number of rotatable bonds is 8. The van der Waals surface area contributed by atoms with Gasteiger partial charge in [0.1, 0.15) is 6.61 Å². The van der Waals surface area contributed by atoms with Gasteiger partial charge in [0.2, 0.25) is 0 Å². The molecule has 1 aromatic rings. The van der Waals surface area contributed by atoms with Gasteiger partial charge in [0.05, 0.1) is 14.7 Å². The van der Waals surface area contributed by atoms with Crippen molar-refractivity contribution < 1.29 is 14.3 Å². The van der Waals surface area contributed by atoms with Gasteiger partial charge in [-0.1, -0.05) is 55.9 Å². The monoisotopic (exact) mass is 332 g/mol. The van der Waals surface area contributed by atoms with E-state index in [9.17, 15) is 4.79 Å². The van der Waals surface area contributed by atoms with E-state index in [1.165, 1.54) is 5.56 Å². The first-order valence-electron chi connectivity index (χ1n) is 8.20. The third kappa shape index (κ3) is 9.22. The van der Waals surface area contributed by atoms with Crippen molar-refractivity contribution in [3.05, 3.63) is 35.9 Å². The fourth-order valence-electron chi connectivity index (χ4n) is 1.97. The van der Waals surface area contributed by atoms with Crippen LogP contribution in [0.25, 0.3) is 0 Å². The summed E-state index contributed by atoms with van der Waals surface area (Å²) in [6, 6.07) is 11.0. The van der Waals surface area contributed by atoms with Gasteiger partial charge in [-0.2, -0.15) is 0 Å². The highest BCUT2D eigenvalue weighted by Crippen LogP contribution is 2.09. The quantitative estimate of drug-likeness (QED) is 0.411. The van der Waals surface area contributed by atoms with Gasteiger partial charge in [0.25, 0.3) is 0 Å². The molecule has 126 valence electrons. The van der Waals surface area contributed by atoms with Crippen molar-refractivity contribution in [2.45, 2.75) is 51.6 Å². The van der Waals surface area contributed by atoms with Gasteiger partial charge >= 0.3 is 5.97 Å². The Labute approximate surface area is 141 Å². The molecule has 1 rings (SSSR count). The van der Waals surface area contributed by atoms with E-state index in [1.54, 1.807) is 6.92 Å². The highest BCUT2D eigenvalue weighted by molar-refractivity contribution is 6.76. The first kappa shape index (κ1) is 19.5. The highest BCUT2D eigenvalue weighted by Gasteiger charge is 2.20. The minimum Gasteiger partial charge on any atom is -0.464 e. The van der Waals surface area contributed by atoms with Gasteiger partial charge in [-0.15, -0.1) is 5.92 Å². The molecule has 0 aliphatic rings. The second kappa shape index (κ2) is 10.2. The van der Waals surface area contributed by atoms with Crippen molar-refractivity contribution in [2.24, 2.45) is 0 Å². The van der Waals surface area contributed by atoms with Gasteiger partial charge in [0.15, 0.2) is 6.10 Å². The van der Waals surface area contributed by atoms with Gasteiger partial charge < -0.3 is 9.47 Å². The standard InChI is InChI=1S/C19H28O3Si/c1-5-21-19(20)18(14-13-17-11-7-6-8-12-17)22-15-9-10-16-23(2,3)4/h6-8,11-12,18H,5,13-16H2,1-4H3. The summed E-state index contributed by atoms with van der Waals surface area (Å²) in [5.74, 6) is 5.89. The van der Waals surface area contributed by atoms with E-state index in [0.717, 1.165) is 12.5 Å². The van der Waals surface area contributed by atoms with Crippen LogP contribution in [-0.4, -0.2) is 33.4 Å². The van der Waals surface area contributed by atoms with Gasteiger partial charge in [0, 0.05) is 6.04 Å². The van der Waals surface area contributed by atoms with Gasteiger partial charge in [-0.25, -0.2) is 4.79 Å². The van der Waals surface area contributed by atoms with Crippen molar-refractivity contribution in [3.63, 3.8) is 0 Å². The van der Waals surface area contributed by atoms with Crippen molar-refractivity contribution in [1.29, 1.82) is 0 Å². The lowest BCUT2D eigenvalue weighted by molar-refractivity contribution is -0.156. The average Bonchev–Trinajstić information content (AvgIpc) is 2.50. The van der Waals surface area contributed by atoms with E-state index in [1.807, 2.05) is 18.2 Å². The molecule has 0 radical (unpaired) electrons. The molecular formula is C19H28O3Si. The Kier molecular flexibility index (Phi) is 8.68. The maximum Gasteiger partial charge on any atom is 0.335 e. The summed E-state index contributed by atoms with van der Waals surface area (Å²) in [6.45, 7) is 9.30. The van der Waals surface area contributed by atoms with E-state index in [-0.39, 0.29) is 12.6 Å². The molecule has 0 bridgehead atoms. The van der Waals surface area contributed by atoms with Crippen molar-refractivity contribution >= 4 is 14.0 Å². The van der Waals surface area contributed by atoms with Crippen LogP contribution in [0.5, 0.6) is 0 Å². The Bertz CT molecular complexity index is 523. The summed E-state index contributed by atoms with van der Waals surface area (Å²) in [6.07, 6.45) is 0.849. The minimum atomic E-state index is -1.15. The van der Waals surface area contributed by atoms with E-state index >= 15 is 0 Å². The molecule has 3 nitrogen and oxygen atoms in total. The average molecular weight is 333 g/mol. The molecule has 0 aliphatic heterocycles. The predicted octanol–water partition coefficient (Wildman–Crippen LogP) is 3.91. The molecule has 0 amide bonds. The molecule has 0 N–H and O–H groups in total. The van der Waals surface area contributed by atoms with Crippen LogP contribution in [0.15, 0.2) is 30.3 Å². The summed E-state index contributed by atoms with van der Waals surface area (Å²) in [5.41, 5.74) is 1.19. The van der Waals surface area contributed by atoms with Crippen LogP contribution >= 0.6 is 0 Å². The number of ether oxygens (including phenoxy) is 2. The number of hydrogen-bond acceptors (Lipinski definition) is 3. The Hall–Kier alpha value is -1.57. The van der Waals surface area contributed by atoms with Crippen LogP contribution in [0, 0.1) is 11.8 Å². The summed E-state index contributed by atoms with van der Waals surface area (Å²) in [7, 11) is -1.15. The zero-order valence-electron chi connectivity index (χ0n) is 14.7. The Morgan fingerprint density at radius 3 is 2.48 bits per heavy atom. The molecule has 0 saturated heterocycles. The Morgan fingerprint density at radius 2 is 1.87 bits per heavy atom. The molecule has 23 heavy (non-hydrogen) atoms. The lowest BCUT2D eigenvalue weighted by Crippen LogP contribution is -2.27. The van der Waals surface area contributed by atoms with E-state index in [4.69, 9.17) is 9.47 Å². The molecule has 0 heterocycles. The largest absolute Gasteiger partial charge is 0.464 e. The third-order valence-electron chi connectivity index (χ3n) is 3.19. The van der Waals surface area contributed by atoms with Crippen LogP contribution in [0.1, 0.15) is 18.9 Å². The van der Waals surface area contributed by atoms with Crippen LogP contribution in [-0.2, 0) is 20.7 Å². The summed E-state index contributed by atoms with van der Waals surface area (Å²) in [5, 5.41) is 0. The SMILES string of the molecule is CCOC(=O)C(CCc1ccccc1)OCC#CC[Si](C)(C)C. The number of hydrogen-bond donors (Lipinski definition) is 0. The minimum absolute atomic E-state index is 0.281. The lowest BCUT2D eigenvalue weighted by atomic mass is 10.1. The Balaban J connectivity index is 2.50. The van der Waals surface area contributed by atoms with Gasteiger partial charge in [-0.3, -0.25) is 0 Å². The molecule has 1 aromatic carbocycles. The molecular weight excluding hydrogens is 304 g/mol. The van der Waals surface area contributed by atoms with Crippen LogP contribution in [0.2, 0.25) is 25.7 Å². The molecule has 4 heteroatoms. The molecule has 0 spiro atoms. The lowest BCUT2D eigenvalue weighted by Gasteiger charge is -2.15. The first-order valence-corrected chi connectivity index (χ1v) is 11.9. The predicted molar refractivity (Wildman–Crippen MR) is 97.1 cm³/mol. The molecule has 0 saturated carbocycles. The summed E-state index contributed by atoms with van der Waals surface area (Å²) >= 11 is 0. The van der Waals surface area contributed by atoms with E-state index in [0.29, 0.717) is 13.0 Å². The molecule has 1 unspecified atom stereocenters. The van der Waals surface area contributed by atoms with Crippen LogP contribution < -0.4 is 0 Å². The second-order valence-electron chi connectivity index (χ2n) is 6.67. The maximum absolute atomic E-state index is 12.0. The normalized spacial score (nSPS) is 12.2. The summed E-state index contributed by atoms with van der Waals surface area (Å²) in [4.78, 5) is 12.0. The number of esters is 1. The van der Waals surface area contributed by atoms with Gasteiger partial charge in [-0.05, 0) is 25.3 Å². The van der Waals surface area contributed by atoms with Crippen molar-refractivity contribution in [1.82, 2.24) is 0 Å². The van der Waals surface area contributed by atoms with Crippen molar-refractivity contribution in [3.8, 4) is 11.8 Å². The zero-order chi connectivity index (χ0) is 17.1. The number of benzene rings is 1. The fraction of sp³-hybridized carbons (Fsp3) is 0.526. The van der Waals surface area contributed by atoms with Crippen LogP contribution in [0.4, 0.5) is 0 Å². The zero-order valence-corrected chi connectivity index (χ0v) is 15.7. The van der Waals surface area contributed by atoms with Crippen LogP contribution in [0.3, 0.4) is 0 Å². The number of aryl methyl sites for hydroxylation is 1. The summed E-state index contributed by atoms with van der Waals surface area (Å²) < 4.78 is 10.8. The topological polar surface area (TPSA) is 35.5 Å².